The highest BCUT2D eigenvalue weighted by Crippen LogP contribution is 2.33. The van der Waals surface area contributed by atoms with Crippen molar-refractivity contribution in [3.63, 3.8) is 0 Å². The quantitative estimate of drug-likeness (QED) is 0.543. The smallest absolute Gasteiger partial charge is 0.232 e. The Kier molecular flexibility index (Phi) is 7.57. The SMILES string of the molecule is CS(=O)(=O)Cc1cnc(N(C(=O)CCC2CCCC2)c2ccc(S(C)(=O)=O)c(Cl)c2)cn1. The van der Waals surface area contributed by atoms with Crippen molar-refractivity contribution in [2.75, 3.05) is 17.4 Å². The van der Waals surface area contributed by atoms with Crippen molar-refractivity contribution < 1.29 is 21.6 Å². The first-order valence-corrected chi connectivity index (χ1v) is 14.6. The van der Waals surface area contributed by atoms with Crippen LogP contribution in [0.1, 0.15) is 44.2 Å². The monoisotopic (exact) mass is 499 g/mol. The first-order chi connectivity index (χ1) is 14.9. The number of nitrogens with zero attached hydrogens (tertiary/aromatic N) is 3. The highest BCUT2D eigenvalue weighted by molar-refractivity contribution is 7.90. The highest BCUT2D eigenvalue weighted by Gasteiger charge is 2.24. The standard InChI is InChI=1S/C21H26ClN3O5S2/c1-31(27,28)14-16-12-24-20(13-23-16)25(21(26)10-7-15-5-3-4-6-15)17-8-9-19(18(22)11-17)32(2,29)30/h8-9,11-13,15H,3-7,10,14H2,1-2H3. The molecule has 8 nitrogen and oxygen atoms in total. The van der Waals surface area contributed by atoms with Crippen LogP contribution < -0.4 is 4.90 Å². The largest absolute Gasteiger partial charge is 0.274 e. The molecule has 3 rings (SSSR count). The Balaban J connectivity index is 1.94. The van der Waals surface area contributed by atoms with Crippen LogP contribution in [0.15, 0.2) is 35.5 Å². The van der Waals surface area contributed by atoms with Gasteiger partial charge in [0.15, 0.2) is 25.5 Å². The minimum atomic E-state index is -3.53. The van der Waals surface area contributed by atoms with E-state index in [9.17, 15) is 21.6 Å². The minimum absolute atomic E-state index is 0.000230. The fourth-order valence-corrected chi connectivity index (χ4v) is 5.89. The fraction of sp³-hybridized carbons (Fsp3) is 0.476. The topological polar surface area (TPSA) is 114 Å². The fourth-order valence-electron chi connectivity index (χ4n) is 3.88. The van der Waals surface area contributed by atoms with E-state index in [0.29, 0.717) is 18.0 Å². The van der Waals surface area contributed by atoms with E-state index in [1.165, 1.54) is 48.3 Å². The van der Waals surface area contributed by atoms with Crippen molar-refractivity contribution in [2.24, 2.45) is 5.92 Å². The molecule has 174 valence electrons. The molecule has 2 aromatic rings. The van der Waals surface area contributed by atoms with Gasteiger partial charge in [0, 0.05) is 18.9 Å². The molecular formula is C21H26ClN3O5S2. The second-order valence-electron chi connectivity index (χ2n) is 8.24. The Morgan fingerprint density at radius 1 is 1.09 bits per heavy atom. The molecular weight excluding hydrogens is 474 g/mol. The summed E-state index contributed by atoms with van der Waals surface area (Å²) in [6.45, 7) is 0. The molecule has 0 aliphatic heterocycles. The maximum atomic E-state index is 13.2. The Hall–Kier alpha value is -2.04. The third-order valence-electron chi connectivity index (χ3n) is 5.39. The van der Waals surface area contributed by atoms with Crippen LogP contribution in [0.25, 0.3) is 0 Å². The number of anilines is 2. The summed E-state index contributed by atoms with van der Waals surface area (Å²) < 4.78 is 46.8. The maximum Gasteiger partial charge on any atom is 0.232 e. The first kappa shape index (κ1) is 24.6. The van der Waals surface area contributed by atoms with Gasteiger partial charge in [-0.15, -0.1) is 0 Å². The second kappa shape index (κ2) is 9.84. The summed E-state index contributed by atoms with van der Waals surface area (Å²) in [5.74, 6) is 0.248. The number of carbonyl (C=O) groups excluding carboxylic acids is 1. The molecule has 1 amide bonds. The first-order valence-electron chi connectivity index (χ1n) is 10.3. The van der Waals surface area contributed by atoms with E-state index >= 15 is 0 Å². The van der Waals surface area contributed by atoms with Crippen LogP contribution in [0, 0.1) is 5.92 Å². The Morgan fingerprint density at radius 3 is 2.31 bits per heavy atom. The van der Waals surface area contributed by atoms with E-state index in [-0.39, 0.29) is 33.1 Å². The van der Waals surface area contributed by atoms with Gasteiger partial charge >= 0.3 is 0 Å². The lowest BCUT2D eigenvalue weighted by atomic mass is 10.0. The van der Waals surface area contributed by atoms with Gasteiger partial charge in [-0.1, -0.05) is 37.3 Å². The molecule has 1 aliphatic rings. The average Bonchev–Trinajstić information content (AvgIpc) is 3.19. The summed E-state index contributed by atoms with van der Waals surface area (Å²) in [5, 5.41) is 0.000230. The number of rotatable bonds is 8. The van der Waals surface area contributed by atoms with Crippen molar-refractivity contribution in [2.45, 2.75) is 49.2 Å². The number of sulfone groups is 2. The third kappa shape index (κ3) is 6.49. The van der Waals surface area contributed by atoms with Gasteiger partial charge in [0.25, 0.3) is 0 Å². The second-order valence-corrected chi connectivity index (χ2v) is 12.8. The van der Waals surface area contributed by atoms with Crippen molar-refractivity contribution in [3.05, 3.63) is 41.3 Å². The summed E-state index contributed by atoms with van der Waals surface area (Å²) in [6.07, 6.45) is 10.5. The van der Waals surface area contributed by atoms with Gasteiger partial charge in [0.2, 0.25) is 5.91 Å². The number of halogens is 1. The van der Waals surface area contributed by atoms with E-state index in [4.69, 9.17) is 11.6 Å². The summed E-state index contributed by atoms with van der Waals surface area (Å²) in [4.78, 5) is 22.9. The number of hydrogen-bond donors (Lipinski definition) is 0. The van der Waals surface area contributed by atoms with Crippen LogP contribution in [0.2, 0.25) is 5.02 Å². The Bertz CT molecular complexity index is 1190. The van der Waals surface area contributed by atoms with E-state index in [0.717, 1.165) is 31.8 Å². The van der Waals surface area contributed by atoms with E-state index in [1.54, 1.807) is 0 Å². The molecule has 0 bridgehead atoms. The molecule has 0 atom stereocenters. The summed E-state index contributed by atoms with van der Waals surface area (Å²) in [5.41, 5.74) is 0.629. The molecule has 0 spiro atoms. The highest BCUT2D eigenvalue weighted by atomic mass is 35.5. The lowest BCUT2D eigenvalue weighted by Gasteiger charge is -2.23. The predicted octanol–water partition coefficient (Wildman–Crippen LogP) is 3.71. The Labute approximate surface area is 193 Å². The molecule has 1 fully saturated rings. The molecule has 1 heterocycles. The van der Waals surface area contributed by atoms with Gasteiger partial charge in [0.1, 0.15) is 0 Å². The number of hydrogen-bond acceptors (Lipinski definition) is 7. The number of carbonyl (C=O) groups is 1. The van der Waals surface area contributed by atoms with Gasteiger partial charge < -0.3 is 0 Å². The van der Waals surface area contributed by atoms with Crippen molar-refractivity contribution in [1.82, 2.24) is 9.97 Å². The maximum absolute atomic E-state index is 13.2. The zero-order valence-corrected chi connectivity index (χ0v) is 20.4. The lowest BCUT2D eigenvalue weighted by Crippen LogP contribution is -2.27. The van der Waals surface area contributed by atoms with Gasteiger partial charge in [-0.25, -0.2) is 21.8 Å². The molecule has 0 saturated heterocycles. The number of amides is 1. The van der Waals surface area contributed by atoms with Gasteiger partial charge in [-0.2, -0.15) is 0 Å². The van der Waals surface area contributed by atoms with E-state index < -0.39 is 19.7 Å². The summed E-state index contributed by atoms with van der Waals surface area (Å²) in [6, 6.07) is 4.27. The van der Waals surface area contributed by atoms with Crippen LogP contribution in [0.5, 0.6) is 0 Å². The van der Waals surface area contributed by atoms with Crippen LogP contribution in [-0.4, -0.2) is 45.2 Å². The normalized spacial score (nSPS) is 15.1. The summed E-state index contributed by atoms with van der Waals surface area (Å²) in [7, 11) is -6.80. The lowest BCUT2D eigenvalue weighted by molar-refractivity contribution is -0.118. The molecule has 1 aromatic carbocycles. The molecule has 0 N–H and O–H groups in total. The third-order valence-corrected chi connectivity index (χ3v) is 7.79. The molecule has 1 saturated carbocycles. The summed E-state index contributed by atoms with van der Waals surface area (Å²) >= 11 is 6.21. The Morgan fingerprint density at radius 2 is 1.78 bits per heavy atom. The zero-order valence-electron chi connectivity index (χ0n) is 18.0. The van der Waals surface area contributed by atoms with Gasteiger partial charge in [0.05, 0.1) is 39.4 Å². The van der Waals surface area contributed by atoms with Gasteiger partial charge in [-0.05, 0) is 30.5 Å². The van der Waals surface area contributed by atoms with Crippen LogP contribution in [-0.2, 0) is 30.2 Å². The van der Waals surface area contributed by atoms with Crippen LogP contribution in [0.4, 0.5) is 11.5 Å². The molecule has 11 heteroatoms. The minimum Gasteiger partial charge on any atom is -0.274 e. The molecule has 32 heavy (non-hydrogen) atoms. The molecule has 1 aromatic heterocycles. The zero-order chi connectivity index (χ0) is 23.5. The van der Waals surface area contributed by atoms with Crippen molar-refractivity contribution >= 4 is 48.7 Å². The van der Waals surface area contributed by atoms with Crippen LogP contribution in [0.3, 0.4) is 0 Å². The van der Waals surface area contributed by atoms with Crippen molar-refractivity contribution in [3.8, 4) is 0 Å². The number of aromatic nitrogens is 2. The average molecular weight is 500 g/mol. The van der Waals surface area contributed by atoms with Crippen molar-refractivity contribution in [1.29, 1.82) is 0 Å². The number of benzene rings is 1. The van der Waals surface area contributed by atoms with E-state index in [1.807, 2.05) is 0 Å². The molecule has 0 radical (unpaired) electrons. The molecule has 0 unspecified atom stereocenters. The predicted molar refractivity (Wildman–Crippen MR) is 123 cm³/mol. The van der Waals surface area contributed by atoms with Crippen LogP contribution >= 0.6 is 11.6 Å². The van der Waals surface area contributed by atoms with E-state index in [2.05, 4.69) is 9.97 Å². The van der Waals surface area contributed by atoms with Gasteiger partial charge in [-0.3, -0.25) is 14.7 Å². The molecule has 1 aliphatic carbocycles.